The number of carbonyl (C=O) groups excluding carboxylic acids is 2. The molecule has 2 aromatic rings. The summed E-state index contributed by atoms with van der Waals surface area (Å²) in [5.74, 6) is -5.57. The van der Waals surface area contributed by atoms with E-state index in [0.717, 1.165) is 11.0 Å². The molecule has 1 saturated heterocycles. The zero-order valence-electron chi connectivity index (χ0n) is 16.7. The normalized spacial score (nSPS) is 15.2. The highest BCUT2D eigenvalue weighted by molar-refractivity contribution is 6.30. The molecule has 1 fully saturated rings. The van der Waals surface area contributed by atoms with Crippen LogP contribution in [0.3, 0.4) is 0 Å². The van der Waals surface area contributed by atoms with Crippen LogP contribution in [0.25, 0.3) is 0 Å². The summed E-state index contributed by atoms with van der Waals surface area (Å²) in [5, 5.41) is 10.1. The summed E-state index contributed by atoms with van der Waals surface area (Å²) < 4.78 is 30.2. The Hall–Kier alpha value is -2.51. The van der Waals surface area contributed by atoms with E-state index in [1.807, 2.05) is 0 Å². The molecule has 1 aliphatic rings. The number of hydrogen-bond donors (Lipinski definition) is 1. The van der Waals surface area contributed by atoms with Crippen molar-refractivity contribution in [3.63, 3.8) is 0 Å². The van der Waals surface area contributed by atoms with Crippen molar-refractivity contribution >= 4 is 29.1 Å². The van der Waals surface area contributed by atoms with E-state index in [2.05, 4.69) is 0 Å². The van der Waals surface area contributed by atoms with Gasteiger partial charge in [0.25, 0.3) is 11.8 Å². The first-order chi connectivity index (χ1) is 14.1. The van der Waals surface area contributed by atoms with Crippen LogP contribution < -0.4 is 4.90 Å². The highest BCUT2D eigenvalue weighted by atomic mass is 35.5. The van der Waals surface area contributed by atoms with E-state index < -0.39 is 29.4 Å². The lowest BCUT2D eigenvalue weighted by Gasteiger charge is -2.32. The molecule has 8 heteroatoms. The van der Waals surface area contributed by atoms with Gasteiger partial charge in [0.15, 0.2) is 0 Å². The van der Waals surface area contributed by atoms with Crippen molar-refractivity contribution in [3.05, 3.63) is 64.2 Å². The summed E-state index contributed by atoms with van der Waals surface area (Å²) in [5.41, 5.74) is 0.334. The lowest BCUT2D eigenvalue weighted by Crippen LogP contribution is -2.47. The van der Waals surface area contributed by atoms with E-state index in [0.29, 0.717) is 10.7 Å². The molecule has 0 bridgehead atoms. The lowest BCUT2D eigenvalue weighted by atomic mass is 9.97. The molecule has 0 atom stereocenters. The van der Waals surface area contributed by atoms with Crippen LogP contribution >= 0.6 is 11.6 Å². The van der Waals surface area contributed by atoms with Crippen LogP contribution in [0.1, 0.15) is 34.3 Å². The SMILES string of the molecule is Cc1ccc(C(=O)N(C)c2ccc(Cl)cc2)cc1C(F)(F)C(=O)N1CCC(O)CC1. The molecule has 1 aliphatic heterocycles. The summed E-state index contributed by atoms with van der Waals surface area (Å²) in [7, 11) is 1.54. The van der Waals surface area contributed by atoms with Crippen molar-refractivity contribution in [2.75, 3.05) is 25.0 Å². The van der Waals surface area contributed by atoms with Gasteiger partial charge in [-0.2, -0.15) is 8.78 Å². The van der Waals surface area contributed by atoms with E-state index in [-0.39, 0.29) is 37.1 Å². The summed E-state index contributed by atoms with van der Waals surface area (Å²) in [4.78, 5) is 27.8. The first-order valence-electron chi connectivity index (χ1n) is 9.61. The molecule has 0 radical (unpaired) electrons. The van der Waals surface area contributed by atoms with Crippen LogP contribution in [0.5, 0.6) is 0 Å². The first kappa shape index (κ1) is 22.2. The summed E-state index contributed by atoms with van der Waals surface area (Å²) in [6.45, 7) is 1.63. The van der Waals surface area contributed by atoms with Gasteiger partial charge in [-0.25, -0.2) is 0 Å². The van der Waals surface area contributed by atoms with Gasteiger partial charge < -0.3 is 14.9 Å². The van der Waals surface area contributed by atoms with Crippen LogP contribution in [-0.4, -0.2) is 48.1 Å². The lowest BCUT2D eigenvalue weighted by molar-refractivity contribution is -0.161. The zero-order valence-corrected chi connectivity index (χ0v) is 17.5. The molecule has 1 N–H and O–H groups in total. The molecule has 0 aromatic heterocycles. The number of aliphatic hydroxyl groups excluding tert-OH is 1. The monoisotopic (exact) mass is 436 g/mol. The van der Waals surface area contributed by atoms with Crippen molar-refractivity contribution in [1.29, 1.82) is 0 Å². The Morgan fingerprint density at radius 3 is 2.33 bits per heavy atom. The van der Waals surface area contributed by atoms with Gasteiger partial charge in [0.1, 0.15) is 0 Å². The number of anilines is 1. The minimum atomic E-state index is -3.78. The maximum Gasteiger partial charge on any atom is 0.350 e. The van der Waals surface area contributed by atoms with E-state index >= 15 is 8.78 Å². The molecule has 160 valence electrons. The summed E-state index contributed by atoms with van der Waals surface area (Å²) in [6, 6.07) is 10.5. The minimum Gasteiger partial charge on any atom is -0.393 e. The Balaban J connectivity index is 1.87. The van der Waals surface area contributed by atoms with Gasteiger partial charge in [-0.05, 0) is 61.7 Å². The van der Waals surface area contributed by atoms with Gasteiger partial charge in [0.05, 0.1) is 6.10 Å². The highest BCUT2D eigenvalue weighted by Crippen LogP contribution is 2.34. The average Bonchev–Trinajstić information content (AvgIpc) is 2.73. The van der Waals surface area contributed by atoms with Crippen LogP contribution in [0.4, 0.5) is 14.5 Å². The number of likely N-dealkylation sites (tertiary alicyclic amines) is 1. The van der Waals surface area contributed by atoms with E-state index in [1.165, 1.54) is 31.0 Å². The fraction of sp³-hybridized carbons (Fsp3) is 0.364. The number of alkyl halides is 2. The number of aliphatic hydroxyl groups is 1. The van der Waals surface area contributed by atoms with Gasteiger partial charge in [0, 0.05) is 42.0 Å². The third-order valence-corrected chi connectivity index (χ3v) is 5.61. The number of carbonyl (C=O) groups is 2. The average molecular weight is 437 g/mol. The maximum absolute atomic E-state index is 15.1. The molecule has 0 aliphatic carbocycles. The van der Waals surface area contributed by atoms with Crippen LogP contribution in [0, 0.1) is 6.92 Å². The minimum absolute atomic E-state index is 0.0505. The fourth-order valence-electron chi connectivity index (χ4n) is 3.45. The highest BCUT2D eigenvalue weighted by Gasteiger charge is 2.45. The summed E-state index contributed by atoms with van der Waals surface area (Å²) >= 11 is 5.87. The van der Waals surface area contributed by atoms with Gasteiger partial charge in [0.2, 0.25) is 0 Å². The van der Waals surface area contributed by atoms with Gasteiger partial charge in [-0.15, -0.1) is 0 Å². The first-order valence-corrected chi connectivity index (χ1v) is 9.99. The van der Waals surface area contributed by atoms with Crippen molar-refractivity contribution in [3.8, 4) is 0 Å². The zero-order chi connectivity index (χ0) is 22.1. The molecule has 1 heterocycles. The predicted molar refractivity (Wildman–Crippen MR) is 111 cm³/mol. The van der Waals surface area contributed by atoms with E-state index in [4.69, 9.17) is 11.6 Å². The number of amides is 2. The van der Waals surface area contributed by atoms with E-state index in [1.54, 1.807) is 24.3 Å². The Morgan fingerprint density at radius 2 is 1.73 bits per heavy atom. The molecule has 0 unspecified atom stereocenters. The Morgan fingerprint density at radius 1 is 1.13 bits per heavy atom. The number of piperidine rings is 1. The molecule has 3 rings (SSSR count). The second kappa shape index (κ2) is 8.70. The molecular formula is C22H23ClF2N2O3. The number of nitrogens with zero attached hydrogens (tertiary/aromatic N) is 2. The number of rotatable bonds is 4. The molecule has 30 heavy (non-hydrogen) atoms. The van der Waals surface area contributed by atoms with E-state index in [9.17, 15) is 14.7 Å². The quantitative estimate of drug-likeness (QED) is 0.788. The smallest absolute Gasteiger partial charge is 0.350 e. The largest absolute Gasteiger partial charge is 0.393 e. The predicted octanol–water partition coefficient (Wildman–Crippen LogP) is 4.00. The standard InChI is InChI=1S/C22H23ClF2N2O3/c1-14-3-4-15(20(29)26(2)17-7-5-16(23)6-8-17)13-19(14)22(24,25)21(30)27-11-9-18(28)10-12-27/h3-8,13,18,28H,9-12H2,1-2H3. The second-order valence-electron chi connectivity index (χ2n) is 7.47. The molecule has 2 aromatic carbocycles. The topological polar surface area (TPSA) is 60.9 Å². The van der Waals surface area contributed by atoms with Gasteiger partial charge in [-0.1, -0.05) is 17.7 Å². The Kier molecular flexibility index (Phi) is 6.43. The second-order valence-corrected chi connectivity index (χ2v) is 7.90. The fourth-order valence-corrected chi connectivity index (χ4v) is 3.58. The van der Waals surface area contributed by atoms with Crippen molar-refractivity contribution < 1.29 is 23.5 Å². The third kappa shape index (κ3) is 4.47. The third-order valence-electron chi connectivity index (χ3n) is 5.36. The van der Waals surface area contributed by atoms with Crippen LogP contribution in [-0.2, 0) is 10.7 Å². The van der Waals surface area contributed by atoms with Crippen LogP contribution in [0.2, 0.25) is 5.02 Å². The van der Waals surface area contributed by atoms with Crippen molar-refractivity contribution in [1.82, 2.24) is 4.90 Å². The number of aryl methyl sites for hydroxylation is 1. The van der Waals surface area contributed by atoms with Crippen LogP contribution in [0.15, 0.2) is 42.5 Å². The number of halogens is 3. The number of benzene rings is 2. The van der Waals surface area contributed by atoms with Crippen molar-refractivity contribution in [2.24, 2.45) is 0 Å². The molecular weight excluding hydrogens is 414 g/mol. The number of hydrogen-bond acceptors (Lipinski definition) is 3. The van der Waals surface area contributed by atoms with Gasteiger partial charge >= 0.3 is 5.92 Å². The molecule has 2 amide bonds. The maximum atomic E-state index is 15.1. The Bertz CT molecular complexity index is 942. The Labute approximate surface area is 178 Å². The van der Waals surface area contributed by atoms with Gasteiger partial charge in [-0.3, -0.25) is 9.59 Å². The molecule has 0 spiro atoms. The summed E-state index contributed by atoms with van der Waals surface area (Å²) in [6.07, 6.45) is -0.0371. The molecule has 5 nitrogen and oxygen atoms in total. The van der Waals surface area contributed by atoms with Crippen molar-refractivity contribution in [2.45, 2.75) is 31.8 Å². The molecule has 0 saturated carbocycles.